The molecule has 12 N–H and O–H groups in total. The van der Waals surface area contributed by atoms with E-state index in [1.807, 2.05) is 6.26 Å². The molecule has 0 aromatic carbocycles. The minimum atomic E-state index is -1.26. The van der Waals surface area contributed by atoms with E-state index in [2.05, 4.69) is 33.6 Å². The Bertz CT molecular complexity index is 709. The minimum absolute atomic E-state index is 0.112. The van der Waals surface area contributed by atoms with E-state index >= 15 is 0 Å². The second-order valence-corrected chi connectivity index (χ2v) is 9.18. The van der Waals surface area contributed by atoms with Crippen LogP contribution in [0.2, 0.25) is 0 Å². The molecule has 15 heteroatoms. The highest BCUT2D eigenvalue weighted by molar-refractivity contribution is 7.98. The van der Waals surface area contributed by atoms with Gasteiger partial charge in [-0.1, -0.05) is 6.42 Å². The second kappa shape index (κ2) is 19.0. The van der Waals surface area contributed by atoms with Crippen molar-refractivity contribution in [2.24, 2.45) is 27.9 Å². The van der Waals surface area contributed by atoms with Gasteiger partial charge in [0, 0.05) is 12.3 Å². The zero-order valence-corrected chi connectivity index (χ0v) is 21.8. The van der Waals surface area contributed by atoms with Gasteiger partial charge in [0.1, 0.15) is 18.1 Å². The van der Waals surface area contributed by atoms with Crippen LogP contribution in [0.25, 0.3) is 0 Å². The first-order chi connectivity index (χ1) is 16.6. The first-order valence-corrected chi connectivity index (χ1v) is 13.3. The Morgan fingerprint density at radius 3 is 2.00 bits per heavy atom. The highest BCUT2D eigenvalue weighted by Gasteiger charge is 2.29. The Morgan fingerprint density at radius 1 is 0.914 bits per heavy atom. The number of carbonyl (C=O) groups excluding carboxylic acids is 3. The summed E-state index contributed by atoms with van der Waals surface area (Å²) in [4.78, 5) is 53.5. The summed E-state index contributed by atoms with van der Waals surface area (Å²) in [6.45, 7) is 0.705. The normalized spacial score (nSPS) is 14.2. The van der Waals surface area contributed by atoms with Gasteiger partial charge in [-0.2, -0.15) is 24.4 Å². The molecule has 0 heterocycles. The monoisotopic (exact) mass is 536 g/mol. The Hall–Kier alpha value is -2.23. The number of guanidine groups is 1. The topological polar surface area (TPSA) is 241 Å². The summed E-state index contributed by atoms with van der Waals surface area (Å²) in [7, 11) is 0. The van der Waals surface area contributed by atoms with Gasteiger partial charge in [-0.05, 0) is 50.7 Å². The number of aliphatic imine (C=N–C) groups is 1. The summed E-state index contributed by atoms with van der Waals surface area (Å²) in [6.07, 6.45) is 4.48. The highest BCUT2D eigenvalue weighted by atomic mass is 32.2. The van der Waals surface area contributed by atoms with Gasteiger partial charge >= 0.3 is 5.97 Å². The number of thiol groups is 1. The number of hydrogen-bond donors (Lipinski definition) is 9. The van der Waals surface area contributed by atoms with E-state index in [0.717, 1.165) is 6.42 Å². The van der Waals surface area contributed by atoms with Gasteiger partial charge < -0.3 is 44.0 Å². The summed E-state index contributed by atoms with van der Waals surface area (Å²) in [5, 5.41) is 16.8. The van der Waals surface area contributed by atoms with Crippen molar-refractivity contribution in [2.75, 3.05) is 30.9 Å². The van der Waals surface area contributed by atoms with Crippen molar-refractivity contribution < 1.29 is 24.3 Å². The maximum atomic E-state index is 13.0. The van der Waals surface area contributed by atoms with Gasteiger partial charge in [0.2, 0.25) is 17.7 Å². The molecule has 35 heavy (non-hydrogen) atoms. The molecule has 4 unspecified atom stereocenters. The first-order valence-electron chi connectivity index (χ1n) is 11.3. The van der Waals surface area contributed by atoms with Crippen LogP contribution in [0.1, 0.15) is 38.5 Å². The van der Waals surface area contributed by atoms with Crippen molar-refractivity contribution >= 4 is 54.0 Å². The summed E-state index contributed by atoms with van der Waals surface area (Å²) in [5.74, 6) is -2.68. The smallest absolute Gasteiger partial charge is 0.327 e. The number of rotatable bonds is 19. The molecule has 0 aliphatic rings. The molecule has 4 atom stereocenters. The minimum Gasteiger partial charge on any atom is -0.480 e. The number of unbranched alkanes of at least 4 members (excludes halogenated alkanes) is 1. The van der Waals surface area contributed by atoms with E-state index in [1.165, 1.54) is 11.8 Å². The Labute approximate surface area is 215 Å². The maximum absolute atomic E-state index is 13.0. The Kier molecular flexibility index (Phi) is 17.8. The predicted octanol–water partition coefficient (Wildman–Crippen LogP) is -2.28. The van der Waals surface area contributed by atoms with Crippen LogP contribution < -0.4 is 38.9 Å². The van der Waals surface area contributed by atoms with Crippen molar-refractivity contribution in [1.82, 2.24) is 16.0 Å². The molecule has 0 bridgehead atoms. The van der Waals surface area contributed by atoms with E-state index in [0.29, 0.717) is 38.0 Å². The molecule has 0 fully saturated rings. The predicted molar refractivity (Wildman–Crippen MR) is 141 cm³/mol. The molecule has 0 aliphatic carbocycles. The third kappa shape index (κ3) is 14.7. The Morgan fingerprint density at radius 2 is 1.49 bits per heavy atom. The Balaban J connectivity index is 5.41. The lowest BCUT2D eigenvalue weighted by molar-refractivity contribution is -0.141. The van der Waals surface area contributed by atoms with Crippen LogP contribution >= 0.6 is 24.4 Å². The van der Waals surface area contributed by atoms with Gasteiger partial charge in [-0.15, -0.1) is 0 Å². The van der Waals surface area contributed by atoms with Gasteiger partial charge in [0.15, 0.2) is 5.96 Å². The number of amides is 3. The lowest BCUT2D eigenvalue weighted by Gasteiger charge is -2.25. The third-order valence-corrected chi connectivity index (χ3v) is 5.93. The lowest BCUT2D eigenvalue weighted by atomic mass is 10.1. The maximum Gasteiger partial charge on any atom is 0.327 e. The van der Waals surface area contributed by atoms with Gasteiger partial charge in [0.05, 0.1) is 6.04 Å². The quantitative estimate of drug-likeness (QED) is 0.0370. The van der Waals surface area contributed by atoms with Crippen LogP contribution in [0.4, 0.5) is 0 Å². The average molecular weight is 537 g/mol. The summed E-state index contributed by atoms with van der Waals surface area (Å²) < 4.78 is 0. The zero-order chi connectivity index (χ0) is 26.8. The van der Waals surface area contributed by atoms with Crippen molar-refractivity contribution in [3.8, 4) is 0 Å². The van der Waals surface area contributed by atoms with Crippen molar-refractivity contribution in [3.05, 3.63) is 0 Å². The third-order valence-electron chi connectivity index (χ3n) is 4.93. The van der Waals surface area contributed by atoms with Crippen LogP contribution in [0, 0.1) is 0 Å². The van der Waals surface area contributed by atoms with Crippen LogP contribution in [-0.2, 0) is 19.2 Å². The van der Waals surface area contributed by atoms with Crippen LogP contribution in [-0.4, -0.2) is 89.8 Å². The van der Waals surface area contributed by atoms with Crippen LogP contribution in [0.15, 0.2) is 4.99 Å². The van der Waals surface area contributed by atoms with Crippen molar-refractivity contribution in [2.45, 2.75) is 62.7 Å². The summed E-state index contributed by atoms with van der Waals surface area (Å²) >= 11 is 5.43. The highest BCUT2D eigenvalue weighted by Crippen LogP contribution is 2.06. The summed E-state index contributed by atoms with van der Waals surface area (Å²) in [6, 6.07) is -4.04. The molecular weight excluding hydrogens is 496 g/mol. The fourth-order valence-corrected chi connectivity index (χ4v) is 3.64. The molecule has 0 aliphatic heterocycles. The molecule has 3 amide bonds. The average Bonchev–Trinajstić information content (AvgIpc) is 2.81. The number of carbonyl (C=O) groups is 4. The van der Waals surface area contributed by atoms with E-state index in [9.17, 15) is 24.3 Å². The molecular formula is C20H40N8O5S2. The summed E-state index contributed by atoms with van der Waals surface area (Å²) in [5.41, 5.74) is 22.0. The molecule has 13 nitrogen and oxygen atoms in total. The van der Waals surface area contributed by atoms with Gasteiger partial charge in [-0.25, -0.2) is 4.79 Å². The van der Waals surface area contributed by atoms with Gasteiger partial charge in [-0.3, -0.25) is 19.4 Å². The van der Waals surface area contributed by atoms with E-state index in [4.69, 9.17) is 22.9 Å². The number of hydrogen-bond acceptors (Lipinski definition) is 9. The number of thioether (sulfide) groups is 1. The number of nitrogens with two attached hydrogens (primary N) is 4. The fraction of sp³-hybridized carbons (Fsp3) is 0.750. The van der Waals surface area contributed by atoms with E-state index in [1.54, 1.807) is 0 Å². The van der Waals surface area contributed by atoms with Crippen LogP contribution in [0.3, 0.4) is 0 Å². The largest absolute Gasteiger partial charge is 0.480 e. The molecule has 0 aromatic rings. The molecule has 0 saturated heterocycles. The van der Waals surface area contributed by atoms with E-state index in [-0.39, 0.29) is 24.7 Å². The van der Waals surface area contributed by atoms with Gasteiger partial charge in [0.25, 0.3) is 0 Å². The van der Waals surface area contributed by atoms with E-state index < -0.39 is 47.9 Å². The molecule has 0 spiro atoms. The first kappa shape index (κ1) is 32.8. The number of aliphatic carboxylic acids is 1. The van der Waals surface area contributed by atoms with Crippen molar-refractivity contribution in [1.29, 1.82) is 0 Å². The number of nitrogens with one attached hydrogen (secondary N) is 3. The standard InChI is InChI=1S/C20H40N8O5S2/c1-35-10-7-14(26-16(29)12(22)5-2-3-8-21)18(31)27-13(6-4-9-25-20(23)24)17(30)28-15(11-34)19(32)33/h12-15,34H,2-11,21-22H2,1H3,(H,26,29)(H,27,31)(H,28,30)(H,32,33)(H4,23,24,25). The molecule has 202 valence electrons. The number of carboxylic acid groups (broad SMARTS) is 1. The second-order valence-electron chi connectivity index (χ2n) is 7.83. The molecule has 0 saturated carbocycles. The molecule has 0 rings (SSSR count). The SMILES string of the molecule is CSCCC(NC(=O)C(N)CCCCN)C(=O)NC(CCCN=C(N)N)C(=O)NC(CS)C(=O)O. The molecule has 0 aromatic heterocycles. The fourth-order valence-electron chi connectivity index (χ4n) is 2.93. The number of nitrogens with zero attached hydrogens (tertiary/aromatic N) is 1. The van der Waals surface area contributed by atoms with Crippen molar-refractivity contribution in [3.63, 3.8) is 0 Å². The van der Waals surface area contributed by atoms with Crippen LogP contribution in [0.5, 0.6) is 0 Å². The number of carboxylic acids is 1. The molecule has 0 radical (unpaired) electrons. The zero-order valence-electron chi connectivity index (χ0n) is 20.1. The lowest BCUT2D eigenvalue weighted by Crippen LogP contribution is -2.57.